The summed E-state index contributed by atoms with van der Waals surface area (Å²) in [5.41, 5.74) is 0. The van der Waals surface area contributed by atoms with E-state index in [9.17, 15) is 0 Å². The van der Waals surface area contributed by atoms with Crippen molar-refractivity contribution in [2.24, 2.45) is 0 Å². The number of rotatable bonds is 5. The van der Waals surface area contributed by atoms with Gasteiger partial charge in [-0.15, -0.1) is 0 Å². The molecule has 1 fully saturated rings. The molecule has 0 aromatic carbocycles. The van der Waals surface area contributed by atoms with Gasteiger partial charge in [-0.25, -0.2) is 0 Å². The Morgan fingerprint density at radius 1 is 1.13 bits per heavy atom. The zero-order valence-corrected chi connectivity index (χ0v) is 11.3. The smallest absolute Gasteiger partial charge is 0.377 e. The van der Waals surface area contributed by atoms with Gasteiger partial charge >= 0.3 is 8.80 Å². The van der Waals surface area contributed by atoms with E-state index in [2.05, 4.69) is 11.9 Å². The van der Waals surface area contributed by atoms with Crippen molar-refractivity contribution in [1.82, 2.24) is 4.90 Å². The van der Waals surface area contributed by atoms with Crippen molar-refractivity contribution in [3.63, 3.8) is 0 Å². The molecule has 1 atom stereocenters. The third-order valence-corrected chi connectivity index (χ3v) is 6.18. The van der Waals surface area contributed by atoms with Crippen LogP contribution < -0.4 is 0 Å². The fourth-order valence-corrected chi connectivity index (χ4v) is 4.28. The van der Waals surface area contributed by atoms with Gasteiger partial charge in [0.05, 0.1) is 0 Å². The molecule has 4 nitrogen and oxygen atoms in total. The molecule has 0 N–H and O–H groups in total. The van der Waals surface area contributed by atoms with E-state index in [1.54, 1.807) is 21.3 Å². The van der Waals surface area contributed by atoms with Crippen LogP contribution >= 0.6 is 0 Å². The van der Waals surface area contributed by atoms with Gasteiger partial charge in [-0.05, 0) is 26.4 Å². The second kappa shape index (κ2) is 5.96. The molecule has 1 unspecified atom stereocenters. The monoisotopic (exact) mass is 233 g/mol. The third kappa shape index (κ3) is 3.25. The number of nitrogens with zero attached hydrogens (tertiary/aromatic N) is 1. The average molecular weight is 233 g/mol. The highest BCUT2D eigenvalue weighted by Gasteiger charge is 2.41. The molecule has 0 amide bonds. The highest BCUT2D eigenvalue weighted by atomic mass is 28.4. The molecule has 1 saturated heterocycles. The van der Waals surface area contributed by atoms with Crippen molar-refractivity contribution >= 4 is 8.80 Å². The van der Waals surface area contributed by atoms with Crippen LogP contribution in [0.2, 0.25) is 6.04 Å². The maximum Gasteiger partial charge on any atom is 0.501 e. The molecule has 5 heteroatoms. The van der Waals surface area contributed by atoms with Gasteiger partial charge in [0, 0.05) is 33.4 Å². The Kier molecular flexibility index (Phi) is 5.21. The molecule has 0 bridgehead atoms. The molecule has 15 heavy (non-hydrogen) atoms. The molecule has 0 aromatic heterocycles. The van der Waals surface area contributed by atoms with Crippen molar-refractivity contribution in [1.29, 1.82) is 0 Å². The molecule has 0 spiro atoms. The van der Waals surface area contributed by atoms with Gasteiger partial charge in [-0.1, -0.05) is 6.42 Å². The summed E-state index contributed by atoms with van der Waals surface area (Å²) < 4.78 is 16.4. The largest absolute Gasteiger partial charge is 0.501 e. The number of hydrogen-bond acceptors (Lipinski definition) is 4. The lowest BCUT2D eigenvalue weighted by Gasteiger charge is -2.36. The summed E-state index contributed by atoms with van der Waals surface area (Å²) in [6.07, 6.45) is 3.83. The molecule has 1 aliphatic heterocycles. The van der Waals surface area contributed by atoms with Crippen molar-refractivity contribution < 1.29 is 13.3 Å². The molecule has 1 heterocycles. The maximum absolute atomic E-state index is 5.46. The van der Waals surface area contributed by atoms with Crippen LogP contribution in [0.3, 0.4) is 0 Å². The SMILES string of the molecule is CO[Si](CC1CCCCN1C)(OC)OC. The minimum Gasteiger partial charge on any atom is -0.377 e. The molecule has 90 valence electrons. The van der Waals surface area contributed by atoms with Crippen LogP contribution in [0.1, 0.15) is 19.3 Å². The normalized spacial score (nSPS) is 24.4. The molecule has 1 rings (SSSR count). The van der Waals surface area contributed by atoms with Gasteiger partial charge in [0.2, 0.25) is 0 Å². The summed E-state index contributed by atoms with van der Waals surface area (Å²) in [7, 11) is 4.83. The van der Waals surface area contributed by atoms with E-state index in [-0.39, 0.29) is 0 Å². The van der Waals surface area contributed by atoms with Crippen LogP contribution in [0.4, 0.5) is 0 Å². The van der Waals surface area contributed by atoms with E-state index in [4.69, 9.17) is 13.3 Å². The quantitative estimate of drug-likeness (QED) is 0.671. The first-order valence-electron chi connectivity index (χ1n) is 5.53. The topological polar surface area (TPSA) is 30.9 Å². The van der Waals surface area contributed by atoms with Gasteiger partial charge < -0.3 is 18.2 Å². The van der Waals surface area contributed by atoms with E-state index in [1.165, 1.54) is 25.8 Å². The standard InChI is InChI=1S/C10H23NO3Si/c1-11-8-6-5-7-10(11)9-15(12-2,13-3)14-4/h10H,5-9H2,1-4H3. The van der Waals surface area contributed by atoms with Crippen LogP contribution in [0, 0.1) is 0 Å². The first-order chi connectivity index (χ1) is 7.17. The Hall–Kier alpha value is 0.0569. The van der Waals surface area contributed by atoms with Crippen LogP contribution in [-0.2, 0) is 13.3 Å². The molecule has 0 aliphatic carbocycles. The lowest BCUT2D eigenvalue weighted by atomic mass is 10.1. The second-order valence-corrected chi connectivity index (χ2v) is 7.13. The van der Waals surface area contributed by atoms with Gasteiger partial charge in [-0.3, -0.25) is 0 Å². The van der Waals surface area contributed by atoms with E-state index in [0.717, 1.165) is 6.04 Å². The van der Waals surface area contributed by atoms with Crippen molar-refractivity contribution in [2.75, 3.05) is 34.9 Å². The zero-order chi connectivity index (χ0) is 11.3. The van der Waals surface area contributed by atoms with Crippen molar-refractivity contribution in [2.45, 2.75) is 31.3 Å². The van der Waals surface area contributed by atoms with E-state index in [1.807, 2.05) is 0 Å². The summed E-state index contributed by atoms with van der Waals surface area (Å²) >= 11 is 0. The number of piperidine rings is 1. The Morgan fingerprint density at radius 2 is 1.73 bits per heavy atom. The molecule has 0 saturated carbocycles. The van der Waals surface area contributed by atoms with Gasteiger partial charge in [-0.2, -0.15) is 0 Å². The minimum atomic E-state index is -2.39. The molecule has 0 aromatic rings. The third-order valence-electron chi connectivity index (χ3n) is 3.34. The van der Waals surface area contributed by atoms with Crippen LogP contribution in [0.5, 0.6) is 0 Å². The summed E-state index contributed by atoms with van der Waals surface area (Å²) in [5.74, 6) is 0. The summed E-state index contributed by atoms with van der Waals surface area (Å²) in [6.45, 7) is 1.17. The summed E-state index contributed by atoms with van der Waals surface area (Å²) in [5, 5.41) is 0. The van der Waals surface area contributed by atoms with E-state index in [0.29, 0.717) is 6.04 Å². The fourth-order valence-electron chi connectivity index (χ4n) is 2.19. The predicted octanol–water partition coefficient (Wildman–Crippen LogP) is 1.35. The van der Waals surface area contributed by atoms with Crippen LogP contribution in [0.15, 0.2) is 0 Å². The van der Waals surface area contributed by atoms with Gasteiger partial charge in [0.1, 0.15) is 0 Å². The number of likely N-dealkylation sites (tertiary alicyclic amines) is 1. The lowest BCUT2D eigenvalue weighted by molar-refractivity contribution is 0.103. The van der Waals surface area contributed by atoms with Crippen molar-refractivity contribution in [3.8, 4) is 0 Å². The van der Waals surface area contributed by atoms with E-state index >= 15 is 0 Å². The minimum absolute atomic E-state index is 0.547. The zero-order valence-electron chi connectivity index (χ0n) is 10.3. The van der Waals surface area contributed by atoms with Gasteiger partial charge in [0.25, 0.3) is 0 Å². The predicted molar refractivity (Wildman–Crippen MR) is 61.9 cm³/mol. The number of hydrogen-bond donors (Lipinski definition) is 0. The average Bonchev–Trinajstić information content (AvgIpc) is 2.29. The molecular weight excluding hydrogens is 210 g/mol. The van der Waals surface area contributed by atoms with Crippen molar-refractivity contribution in [3.05, 3.63) is 0 Å². The first-order valence-corrected chi connectivity index (χ1v) is 7.46. The van der Waals surface area contributed by atoms with Crippen LogP contribution in [0.25, 0.3) is 0 Å². The molecule has 1 aliphatic rings. The lowest BCUT2D eigenvalue weighted by Crippen LogP contribution is -2.50. The van der Waals surface area contributed by atoms with E-state index < -0.39 is 8.80 Å². The highest BCUT2D eigenvalue weighted by molar-refractivity contribution is 6.60. The highest BCUT2D eigenvalue weighted by Crippen LogP contribution is 2.24. The Balaban J connectivity index is 2.56. The maximum atomic E-state index is 5.46. The summed E-state index contributed by atoms with van der Waals surface area (Å²) in [4.78, 5) is 2.39. The Bertz CT molecular complexity index is 179. The molecule has 0 radical (unpaired) electrons. The Morgan fingerprint density at radius 3 is 2.20 bits per heavy atom. The molecular formula is C10H23NO3Si. The second-order valence-electron chi connectivity index (χ2n) is 4.13. The first kappa shape index (κ1) is 13.1. The van der Waals surface area contributed by atoms with Crippen LogP contribution in [-0.4, -0.2) is 54.7 Å². The summed E-state index contributed by atoms with van der Waals surface area (Å²) in [6, 6.07) is 1.44. The fraction of sp³-hybridized carbons (Fsp3) is 1.00. The Labute approximate surface area is 93.9 Å². The van der Waals surface area contributed by atoms with Gasteiger partial charge in [0.15, 0.2) is 0 Å².